The van der Waals surface area contributed by atoms with E-state index in [2.05, 4.69) is 22.0 Å². The van der Waals surface area contributed by atoms with Crippen LogP contribution >= 0.6 is 15.9 Å². The molecule has 1 saturated carbocycles. The van der Waals surface area contributed by atoms with Crippen molar-refractivity contribution >= 4 is 15.9 Å². The zero-order valence-electron chi connectivity index (χ0n) is 3.82. The van der Waals surface area contributed by atoms with E-state index >= 15 is 0 Å². The Balaban J connectivity index is 2.47. The summed E-state index contributed by atoms with van der Waals surface area (Å²) >= 11 is 3.24. The molecule has 1 fully saturated rings. The third kappa shape index (κ3) is 0.782. The van der Waals surface area contributed by atoms with Crippen molar-refractivity contribution in [2.24, 2.45) is 5.41 Å². The summed E-state index contributed by atoms with van der Waals surface area (Å²) in [6.45, 7) is 0. The second-order valence-corrected chi connectivity index (χ2v) is 2.37. The molecule has 1 atom stereocenters. The van der Waals surface area contributed by atoms with Gasteiger partial charge in [-0.05, 0) is 12.8 Å². The van der Waals surface area contributed by atoms with Crippen LogP contribution in [0.1, 0.15) is 6.42 Å². The second kappa shape index (κ2) is 1.48. The fourth-order valence-corrected chi connectivity index (χ4v) is 0.937. The van der Waals surface area contributed by atoms with Crippen molar-refractivity contribution in [1.29, 1.82) is 5.26 Å². The van der Waals surface area contributed by atoms with Crippen LogP contribution in [0.25, 0.3) is 0 Å². The van der Waals surface area contributed by atoms with E-state index in [0.29, 0.717) is 0 Å². The lowest BCUT2D eigenvalue weighted by Crippen LogP contribution is -1.94. The van der Waals surface area contributed by atoms with Crippen LogP contribution in [0.4, 0.5) is 0 Å². The van der Waals surface area contributed by atoms with E-state index in [9.17, 15) is 0 Å². The van der Waals surface area contributed by atoms with Gasteiger partial charge in [-0.1, -0.05) is 15.9 Å². The summed E-state index contributed by atoms with van der Waals surface area (Å²) in [5, 5.41) is 9.15. The maximum absolute atomic E-state index is 8.35. The number of hydrogen-bond donors (Lipinski definition) is 0. The average molecular weight is 159 g/mol. The lowest BCUT2D eigenvalue weighted by atomic mass is 10.2. The van der Waals surface area contributed by atoms with E-state index in [1.165, 1.54) is 0 Å². The number of nitriles is 1. The topological polar surface area (TPSA) is 23.8 Å². The minimum absolute atomic E-state index is 0.0694. The summed E-state index contributed by atoms with van der Waals surface area (Å²) in [7, 11) is 0. The molecule has 1 nitrogen and oxygen atoms in total. The summed E-state index contributed by atoms with van der Waals surface area (Å²) in [5.74, 6) is 0. The van der Waals surface area contributed by atoms with E-state index in [0.717, 1.165) is 11.8 Å². The van der Waals surface area contributed by atoms with E-state index in [1.54, 1.807) is 0 Å². The zero-order valence-corrected chi connectivity index (χ0v) is 5.40. The SMILES string of the molecule is N#CC1(CBr)[CH]C1. The quantitative estimate of drug-likeness (QED) is 0.531. The standard InChI is InChI=1S/C5H5BrN/c6-3-5(4-7)1-2-5/h1H,2-3H2. The average Bonchev–Trinajstić information content (AvgIpc) is 2.46. The highest BCUT2D eigenvalue weighted by Crippen LogP contribution is 2.44. The molecule has 0 bridgehead atoms. The molecule has 0 saturated heterocycles. The van der Waals surface area contributed by atoms with Gasteiger partial charge in [0.05, 0.1) is 11.5 Å². The molecule has 7 heavy (non-hydrogen) atoms. The van der Waals surface area contributed by atoms with Crippen molar-refractivity contribution in [3.63, 3.8) is 0 Å². The molecular formula is C5H5BrN. The highest BCUT2D eigenvalue weighted by molar-refractivity contribution is 9.09. The zero-order chi connectivity index (χ0) is 5.33. The molecule has 2 heteroatoms. The fourth-order valence-electron chi connectivity index (χ4n) is 0.353. The Hall–Kier alpha value is -0.0300. The van der Waals surface area contributed by atoms with Crippen LogP contribution in [0, 0.1) is 23.2 Å². The first kappa shape index (κ1) is 5.11. The van der Waals surface area contributed by atoms with Crippen molar-refractivity contribution in [3.05, 3.63) is 6.42 Å². The van der Waals surface area contributed by atoms with Crippen molar-refractivity contribution in [1.82, 2.24) is 0 Å². The lowest BCUT2D eigenvalue weighted by Gasteiger charge is -1.91. The monoisotopic (exact) mass is 158 g/mol. The molecule has 0 amide bonds. The van der Waals surface area contributed by atoms with Gasteiger partial charge in [0.15, 0.2) is 0 Å². The van der Waals surface area contributed by atoms with Gasteiger partial charge in [-0.2, -0.15) is 5.26 Å². The lowest BCUT2D eigenvalue weighted by molar-refractivity contribution is 0.824. The Morgan fingerprint density at radius 1 is 2.00 bits per heavy atom. The molecule has 1 rings (SSSR count). The van der Waals surface area contributed by atoms with Crippen molar-refractivity contribution in [2.75, 3.05) is 5.33 Å². The van der Waals surface area contributed by atoms with Crippen molar-refractivity contribution in [3.8, 4) is 6.07 Å². The van der Waals surface area contributed by atoms with E-state index in [1.807, 2.05) is 6.42 Å². The Morgan fingerprint density at radius 2 is 2.57 bits per heavy atom. The Labute approximate surface area is 51.5 Å². The highest BCUT2D eigenvalue weighted by atomic mass is 79.9. The minimum Gasteiger partial charge on any atom is -0.198 e. The van der Waals surface area contributed by atoms with Gasteiger partial charge < -0.3 is 0 Å². The van der Waals surface area contributed by atoms with Crippen LogP contribution in [0.5, 0.6) is 0 Å². The van der Waals surface area contributed by atoms with Gasteiger partial charge in [-0.3, -0.25) is 0 Å². The van der Waals surface area contributed by atoms with Gasteiger partial charge in [0.2, 0.25) is 0 Å². The van der Waals surface area contributed by atoms with Gasteiger partial charge in [-0.15, -0.1) is 0 Å². The smallest absolute Gasteiger partial charge is 0.0705 e. The predicted molar refractivity (Wildman–Crippen MR) is 30.8 cm³/mol. The molecule has 0 aromatic carbocycles. The number of alkyl halides is 1. The summed E-state index contributed by atoms with van der Waals surface area (Å²) in [6, 6.07) is 2.20. The number of rotatable bonds is 1. The summed E-state index contributed by atoms with van der Waals surface area (Å²) in [4.78, 5) is 0. The molecule has 0 spiro atoms. The molecule has 1 aliphatic carbocycles. The molecule has 1 aliphatic rings. The third-order valence-corrected chi connectivity index (χ3v) is 2.16. The Morgan fingerprint density at radius 3 is 2.57 bits per heavy atom. The van der Waals surface area contributed by atoms with E-state index < -0.39 is 0 Å². The van der Waals surface area contributed by atoms with E-state index in [-0.39, 0.29) is 5.41 Å². The van der Waals surface area contributed by atoms with Gasteiger partial charge in [0.1, 0.15) is 0 Å². The molecular weight excluding hydrogens is 154 g/mol. The molecule has 0 heterocycles. The molecule has 1 radical (unpaired) electrons. The van der Waals surface area contributed by atoms with Crippen LogP contribution in [0.15, 0.2) is 0 Å². The van der Waals surface area contributed by atoms with Gasteiger partial charge in [-0.25, -0.2) is 0 Å². The van der Waals surface area contributed by atoms with Crippen LogP contribution in [0.3, 0.4) is 0 Å². The first-order valence-corrected chi connectivity index (χ1v) is 3.27. The van der Waals surface area contributed by atoms with Crippen molar-refractivity contribution in [2.45, 2.75) is 6.42 Å². The second-order valence-electron chi connectivity index (χ2n) is 1.81. The highest BCUT2D eigenvalue weighted by Gasteiger charge is 2.42. The largest absolute Gasteiger partial charge is 0.198 e. The maximum Gasteiger partial charge on any atom is 0.0705 e. The third-order valence-electron chi connectivity index (χ3n) is 1.16. The molecule has 0 N–H and O–H groups in total. The number of nitrogens with zero attached hydrogens (tertiary/aromatic N) is 1. The summed E-state index contributed by atoms with van der Waals surface area (Å²) in [5.41, 5.74) is -0.0694. The molecule has 37 valence electrons. The molecule has 0 aromatic rings. The number of hydrogen-bond acceptors (Lipinski definition) is 1. The van der Waals surface area contributed by atoms with Gasteiger partial charge in [0, 0.05) is 5.33 Å². The summed E-state index contributed by atoms with van der Waals surface area (Å²) in [6.07, 6.45) is 2.98. The predicted octanol–water partition coefficient (Wildman–Crippen LogP) is 1.50. The van der Waals surface area contributed by atoms with Crippen LogP contribution < -0.4 is 0 Å². The van der Waals surface area contributed by atoms with Gasteiger partial charge in [0.25, 0.3) is 0 Å². The van der Waals surface area contributed by atoms with Crippen LogP contribution in [-0.4, -0.2) is 5.33 Å². The maximum atomic E-state index is 8.35. The first-order chi connectivity index (χ1) is 3.33. The summed E-state index contributed by atoms with van der Waals surface area (Å²) < 4.78 is 0. The fraction of sp³-hybridized carbons (Fsp3) is 0.600. The molecule has 0 aromatic heterocycles. The molecule has 1 unspecified atom stereocenters. The van der Waals surface area contributed by atoms with E-state index in [4.69, 9.17) is 5.26 Å². The van der Waals surface area contributed by atoms with Crippen molar-refractivity contribution < 1.29 is 0 Å². The molecule has 0 aliphatic heterocycles. The minimum atomic E-state index is -0.0694. The Bertz CT molecular complexity index is 110. The number of halogens is 1. The first-order valence-electron chi connectivity index (χ1n) is 2.14. The normalized spacial score (nSPS) is 23.4. The van der Waals surface area contributed by atoms with Crippen LogP contribution in [0.2, 0.25) is 0 Å². The van der Waals surface area contributed by atoms with Crippen LogP contribution in [-0.2, 0) is 0 Å². The Kier molecular flexibility index (Phi) is 1.08. The van der Waals surface area contributed by atoms with Gasteiger partial charge >= 0.3 is 0 Å².